The van der Waals surface area contributed by atoms with Gasteiger partial charge in [-0.25, -0.2) is 9.78 Å². The van der Waals surface area contributed by atoms with Crippen LogP contribution in [0.1, 0.15) is 22.5 Å². The molecule has 156 valence electrons. The van der Waals surface area contributed by atoms with Crippen molar-refractivity contribution in [2.24, 2.45) is 0 Å². The van der Waals surface area contributed by atoms with Gasteiger partial charge in [0.15, 0.2) is 0 Å². The number of aromatic carboxylic acids is 1. The number of nitrogens with zero attached hydrogens (tertiary/aromatic N) is 2. The van der Waals surface area contributed by atoms with Crippen molar-refractivity contribution in [1.29, 1.82) is 0 Å². The summed E-state index contributed by atoms with van der Waals surface area (Å²) in [7, 11) is 0. The van der Waals surface area contributed by atoms with Crippen molar-refractivity contribution in [2.75, 3.05) is 17.6 Å². The van der Waals surface area contributed by atoms with Crippen LogP contribution in [0.2, 0.25) is 10.0 Å². The highest BCUT2D eigenvalue weighted by Gasteiger charge is 2.20. The molecule has 2 heterocycles. The molecule has 30 heavy (non-hydrogen) atoms. The zero-order valence-corrected chi connectivity index (χ0v) is 17.0. The fourth-order valence-electron chi connectivity index (χ4n) is 3.05. The van der Waals surface area contributed by atoms with Crippen LogP contribution < -0.4 is 11.1 Å². The molecule has 0 aliphatic rings. The first kappa shape index (κ1) is 21.4. The van der Waals surface area contributed by atoms with Crippen LogP contribution in [0.3, 0.4) is 0 Å². The largest absolute Gasteiger partial charge is 0.477 e. The van der Waals surface area contributed by atoms with Crippen LogP contribution in [-0.2, 0) is 6.42 Å². The first-order chi connectivity index (χ1) is 14.3. The minimum Gasteiger partial charge on any atom is -0.477 e. The summed E-state index contributed by atoms with van der Waals surface area (Å²) in [6.45, 7) is 0.492. The fourth-order valence-corrected chi connectivity index (χ4v) is 3.55. The average Bonchev–Trinajstić information content (AvgIpc) is 3.09. The summed E-state index contributed by atoms with van der Waals surface area (Å²) in [6.07, 6.45) is 2.83. The standard InChI is InChI=1S/C19H17Cl2N5O4/c20-11-3-4-12(13(21)8-11)16-10(9-24-17(16)19(27)28)2-1-7-23-15-6-5-14(26(29)30)18(22)25-15/h3-6,8-9,24H,1-2,7H2,(H,27,28)(H3,22,23,25). The molecule has 0 spiro atoms. The number of carboxylic acids is 1. The molecule has 0 bridgehead atoms. The van der Waals surface area contributed by atoms with Crippen LogP contribution in [-0.4, -0.2) is 32.5 Å². The van der Waals surface area contributed by atoms with Gasteiger partial charge in [0, 0.05) is 40.0 Å². The molecule has 0 atom stereocenters. The summed E-state index contributed by atoms with van der Waals surface area (Å²) in [5.74, 6) is -0.841. The number of halogens is 2. The third-order valence-electron chi connectivity index (χ3n) is 4.40. The zero-order chi connectivity index (χ0) is 21.8. The van der Waals surface area contributed by atoms with Gasteiger partial charge in [0.25, 0.3) is 0 Å². The van der Waals surface area contributed by atoms with E-state index in [4.69, 9.17) is 28.9 Å². The van der Waals surface area contributed by atoms with Crippen molar-refractivity contribution in [1.82, 2.24) is 9.97 Å². The van der Waals surface area contributed by atoms with Gasteiger partial charge in [-0.15, -0.1) is 0 Å². The Labute approximate surface area is 181 Å². The summed E-state index contributed by atoms with van der Waals surface area (Å²) in [6, 6.07) is 7.67. The molecule has 0 aliphatic carbocycles. The van der Waals surface area contributed by atoms with Gasteiger partial charge in [-0.2, -0.15) is 0 Å². The fraction of sp³-hybridized carbons (Fsp3) is 0.158. The number of H-pyrrole nitrogens is 1. The van der Waals surface area contributed by atoms with Gasteiger partial charge >= 0.3 is 11.7 Å². The van der Waals surface area contributed by atoms with E-state index in [-0.39, 0.29) is 17.2 Å². The number of rotatable bonds is 8. The monoisotopic (exact) mass is 449 g/mol. The van der Waals surface area contributed by atoms with Gasteiger partial charge < -0.3 is 21.1 Å². The number of anilines is 2. The number of aryl methyl sites for hydroxylation is 1. The van der Waals surface area contributed by atoms with Crippen molar-refractivity contribution in [3.05, 3.63) is 67.9 Å². The van der Waals surface area contributed by atoms with E-state index in [0.29, 0.717) is 46.4 Å². The molecule has 1 aromatic carbocycles. The van der Waals surface area contributed by atoms with Crippen LogP contribution in [0.4, 0.5) is 17.3 Å². The van der Waals surface area contributed by atoms with Gasteiger partial charge in [0.05, 0.1) is 4.92 Å². The van der Waals surface area contributed by atoms with E-state index in [1.165, 1.54) is 12.1 Å². The number of aromatic nitrogens is 2. The van der Waals surface area contributed by atoms with Crippen LogP contribution in [0.5, 0.6) is 0 Å². The number of pyridine rings is 1. The number of carboxylic acid groups (broad SMARTS) is 1. The second kappa shape index (κ2) is 9.02. The molecular weight excluding hydrogens is 433 g/mol. The van der Waals surface area contributed by atoms with Crippen molar-refractivity contribution in [3.63, 3.8) is 0 Å². The van der Waals surface area contributed by atoms with Gasteiger partial charge in [-0.3, -0.25) is 10.1 Å². The van der Waals surface area contributed by atoms with Crippen molar-refractivity contribution < 1.29 is 14.8 Å². The predicted molar refractivity (Wildman–Crippen MR) is 115 cm³/mol. The average molecular weight is 450 g/mol. The molecule has 3 aromatic rings. The molecule has 0 saturated heterocycles. The minimum absolute atomic E-state index is 0.0481. The highest BCUT2D eigenvalue weighted by Crippen LogP contribution is 2.35. The number of hydrogen-bond acceptors (Lipinski definition) is 6. The molecular formula is C19H17Cl2N5O4. The molecule has 0 fully saturated rings. The Balaban J connectivity index is 1.72. The van der Waals surface area contributed by atoms with Gasteiger partial charge in [-0.1, -0.05) is 29.3 Å². The van der Waals surface area contributed by atoms with E-state index >= 15 is 0 Å². The number of carbonyl (C=O) groups is 1. The smallest absolute Gasteiger partial charge is 0.352 e. The minimum atomic E-state index is -1.09. The van der Waals surface area contributed by atoms with Gasteiger partial charge in [0.2, 0.25) is 5.82 Å². The number of hydrogen-bond donors (Lipinski definition) is 4. The van der Waals surface area contributed by atoms with Crippen molar-refractivity contribution in [3.8, 4) is 11.1 Å². The third kappa shape index (κ3) is 4.64. The number of nitrogen functional groups attached to an aromatic ring is 1. The highest BCUT2D eigenvalue weighted by atomic mass is 35.5. The van der Waals surface area contributed by atoms with E-state index < -0.39 is 10.9 Å². The lowest BCUT2D eigenvalue weighted by Gasteiger charge is -2.10. The maximum Gasteiger partial charge on any atom is 0.352 e. The van der Waals surface area contributed by atoms with E-state index in [2.05, 4.69) is 15.3 Å². The Hall–Kier alpha value is -3.30. The van der Waals surface area contributed by atoms with Crippen molar-refractivity contribution in [2.45, 2.75) is 12.8 Å². The zero-order valence-electron chi connectivity index (χ0n) is 15.5. The maximum atomic E-state index is 11.6. The first-order valence-corrected chi connectivity index (χ1v) is 9.57. The molecule has 2 aromatic heterocycles. The lowest BCUT2D eigenvalue weighted by Crippen LogP contribution is -2.07. The SMILES string of the molecule is Nc1nc(NCCCc2c[nH]c(C(=O)O)c2-c2ccc(Cl)cc2Cl)ccc1[N+](=O)[O-]. The summed E-state index contributed by atoms with van der Waals surface area (Å²) in [5, 5.41) is 24.2. The van der Waals surface area contributed by atoms with Crippen molar-refractivity contribution >= 4 is 46.5 Å². The first-order valence-electron chi connectivity index (χ1n) is 8.81. The lowest BCUT2D eigenvalue weighted by molar-refractivity contribution is -0.384. The number of nitrogens with one attached hydrogen (secondary N) is 2. The number of nitro groups is 1. The highest BCUT2D eigenvalue weighted by molar-refractivity contribution is 6.36. The molecule has 0 aliphatic heterocycles. The number of aromatic amines is 1. The topological polar surface area (TPSA) is 147 Å². The van der Waals surface area contributed by atoms with Crippen LogP contribution in [0, 0.1) is 10.1 Å². The maximum absolute atomic E-state index is 11.6. The van der Waals surface area contributed by atoms with E-state index in [1.54, 1.807) is 24.4 Å². The molecule has 0 unspecified atom stereocenters. The summed E-state index contributed by atoms with van der Waals surface area (Å²) < 4.78 is 0. The summed E-state index contributed by atoms with van der Waals surface area (Å²) in [4.78, 5) is 28.6. The van der Waals surface area contributed by atoms with Gasteiger partial charge in [0.1, 0.15) is 11.5 Å². The molecule has 3 rings (SSSR count). The Morgan fingerprint density at radius 1 is 1.30 bits per heavy atom. The number of benzene rings is 1. The second-order valence-electron chi connectivity index (χ2n) is 6.38. The van der Waals surface area contributed by atoms with E-state index in [9.17, 15) is 20.0 Å². The Morgan fingerprint density at radius 3 is 2.70 bits per heavy atom. The van der Waals surface area contributed by atoms with Crippen LogP contribution in [0.15, 0.2) is 36.5 Å². The summed E-state index contributed by atoms with van der Waals surface area (Å²) in [5.41, 5.74) is 7.26. The second-order valence-corrected chi connectivity index (χ2v) is 7.23. The predicted octanol–water partition coefficient (Wildman–Crippen LogP) is 4.62. The summed E-state index contributed by atoms with van der Waals surface area (Å²) >= 11 is 12.2. The molecule has 9 nitrogen and oxygen atoms in total. The number of nitrogens with two attached hydrogens (primary N) is 1. The Morgan fingerprint density at radius 2 is 2.07 bits per heavy atom. The molecule has 5 N–H and O–H groups in total. The third-order valence-corrected chi connectivity index (χ3v) is 4.95. The molecule has 0 amide bonds. The molecule has 0 saturated carbocycles. The molecule has 0 radical (unpaired) electrons. The Bertz CT molecular complexity index is 1120. The quantitative estimate of drug-likeness (QED) is 0.222. The van der Waals surface area contributed by atoms with Crippen LogP contribution >= 0.6 is 23.2 Å². The van der Waals surface area contributed by atoms with E-state index in [1.807, 2.05) is 0 Å². The Kier molecular flexibility index (Phi) is 6.43. The van der Waals surface area contributed by atoms with E-state index in [0.717, 1.165) is 5.56 Å². The molecule has 11 heteroatoms. The normalized spacial score (nSPS) is 10.7. The van der Waals surface area contributed by atoms with Crippen LogP contribution in [0.25, 0.3) is 11.1 Å². The van der Waals surface area contributed by atoms with Gasteiger partial charge in [-0.05, 0) is 36.6 Å². The lowest BCUT2D eigenvalue weighted by atomic mass is 9.98.